The highest BCUT2D eigenvalue weighted by molar-refractivity contribution is 6.32. The van der Waals surface area contributed by atoms with Crippen molar-refractivity contribution in [2.75, 3.05) is 18.9 Å². The molecule has 1 aliphatic rings. The molecule has 1 aromatic rings. The van der Waals surface area contributed by atoms with Gasteiger partial charge in [-0.1, -0.05) is 18.5 Å². The molecule has 0 bridgehead atoms. The van der Waals surface area contributed by atoms with Gasteiger partial charge in [0.2, 0.25) is 0 Å². The molecule has 5 nitrogen and oxygen atoms in total. The minimum Gasteiger partial charge on any atom is -0.381 e. The van der Waals surface area contributed by atoms with E-state index in [0.29, 0.717) is 18.3 Å². The van der Waals surface area contributed by atoms with Gasteiger partial charge in [0.25, 0.3) is 5.56 Å². The molecule has 1 fully saturated rings. The molecular formula is C14H23ClN4O. The third-order valence-electron chi connectivity index (χ3n) is 3.83. The highest BCUT2D eigenvalue weighted by Crippen LogP contribution is 2.27. The van der Waals surface area contributed by atoms with E-state index in [-0.39, 0.29) is 10.6 Å². The number of halogens is 1. The Labute approximate surface area is 124 Å². The summed E-state index contributed by atoms with van der Waals surface area (Å²) in [5.41, 5.74) is 0.404. The Morgan fingerprint density at radius 2 is 2.30 bits per heavy atom. The van der Waals surface area contributed by atoms with Crippen molar-refractivity contribution in [2.24, 2.45) is 0 Å². The molecule has 0 aliphatic heterocycles. The topological polar surface area (TPSA) is 50.2 Å². The number of aromatic nitrogens is 2. The number of likely N-dealkylation sites (N-methyl/N-ethyl adjacent to an activating group) is 1. The monoisotopic (exact) mass is 298 g/mol. The van der Waals surface area contributed by atoms with E-state index >= 15 is 0 Å². The lowest BCUT2D eigenvalue weighted by Crippen LogP contribution is -2.36. The fourth-order valence-corrected chi connectivity index (χ4v) is 2.42. The van der Waals surface area contributed by atoms with Gasteiger partial charge in [-0.3, -0.25) is 9.69 Å². The summed E-state index contributed by atoms with van der Waals surface area (Å²) in [5.74, 6) is 0. The normalized spacial score (nSPS) is 16.4. The predicted molar refractivity (Wildman–Crippen MR) is 82.5 cm³/mol. The lowest BCUT2D eigenvalue weighted by atomic mass is 10.3. The van der Waals surface area contributed by atoms with E-state index in [0.717, 1.165) is 19.0 Å². The molecule has 20 heavy (non-hydrogen) atoms. The van der Waals surface area contributed by atoms with Gasteiger partial charge in [-0.05, 0) is 33.2 Å². The van der Waals surface area contributed by atoms with Gasteiger partial charge in [0.05, 0.1) is 11.9 Å². The summed E-state index contributed by atoms with van der Waals surface area (Å²) >= 11 is 6.12. The lowest BCUT2D eigenvalue weighted by Gasteiger charge is -2.25. The van der Waals surface area contributed by atoms with Gasteiger partial charge < -0.3 is 5.32 Å². The number of hydrogen-bond donors (Lipinski definition) is 1. The van der Waals surface area contributed by atoms with Crippen molar-refractivity contribution in [2.45, 2.75) is 51.7 Å². The molecular weight excluding hydrogens is 276 g/mol. The van der Waals surface area contributed by atoms with Crippen LogP contribution in [0.2, 0.25) is 5.02 Å². The van der Waals surface area contributed by atoms with Crippen LogP contribution in [0.3, 0.4) is 0 Å². The summed E-state index contributed by atoms with van der Waals surface area (Å²) in [6.45, 7) is 5.53. The molecule has 112 valence electrons. The predicted octanol–water partition coefficient (Wildman–Crippen LogP) is 2.20. The summed E-state index contributed by atoms with van der Waals surface area (Å²) in [6.07, 6.45) is 5.08. The molecule has 0 radical (unpaired) electrons. The number of rotatable bonds is 7. The summed E-state index contributed by atoms with van der Waals surface area (Å²) in [5, 5.41) is 7.61. The lowest BCUT2D eigenvalue weighted by molar-refractivity contribution is 0.257. The Kier molecular flexibility index (Phi) is 5.05. The van der Waals surface area contributed by atoms with Crippen LogP contribution in [-0.2, 0) is 6.54 Å². The first-order chi connectivity index (χ1) is 9.54. The Bertz CT molecular complexity index is 512. The standard InChI is InChI=1S/C14H23ClN4O/c1-4-7-19-14(20)13(15)12(9-17-19)16-8-10(2)18(3)11-5-6-11/h9-11,16H,4-8H2,1-3H3. The maximum atomic E-state index is 12.0. The average molecular weight is 299 g/mol. The maximum absolute atomic E-state index is 12.0. The van der Waals surface area contributed by atoms with Crippen molar-refractivity contribution in [3.05, 3.63) is 21.6 Å². The molecule has 1 aromatic heterocycles. The zero-order valence-electron chi connectivity index (χ0n) is 12.4. The first-order valence-corrected chi connectivity index (χ1v) is 7.63. The molecule has 0 amide bonds. The van der Waals surface area contributed by atoms with Crippen LogP contribution >= 0.6 is 11.6 Å². The van der Waals surface area contributed by atoms with Crippen LogP contribution in [-0.4, -0.2) is 40.4 Å². The molecule has 1 saturated carbocycles. The van der Waals surface area contributed by atoms with Crippen LogP contribution in [0.15, 0.2) is 11.0 Å². The van der Waals surface area contributed by atoms with Crippen molar-refractivity contribution in [3.8, 4) is 0 Å². The number of nitrogens with one attached hydrogen (secondary N) is 1. The van der Waals surface area contributed by atoms with Crippen LogP contribution in [0.5, 0.6) is 0 Å². The first-order valence-electron chi connectivity index (χ1n) is 7.26. The molecule has 6 heteroatoms. The Morgan fingerprint density at radius 1 is 1.60 bits per heavy atom. The number of anilines is 1. The van der Waals surface area contributed by atoms with E-state index in [1.54, 1.807) is 6.20 Å². The van der Waals surface area contributed by atoms with Gasteiger partial charge in [-0.15, -0.1) is 0 Å². The van der Waals surface area contributed by atoms with Crippen LogP contribution in [0.1, 0.15) is 33.1 Å². The zero-order valence-corrected chi connectivity index (χ0v) is 13.2. The van der Waals surface area contributed by atoms with Gasteiger partial charge in [-0.2, -0.15) is 5.10 Å². The summed E-state index contributed by atoms with van der Waals surface area (Å²) in [6, 6.07) is 1.12. The highest BCUT2D eigenvalue weighted by Gasteiger charge is 2.28. The summed E-state index contributed by atoms with van der Waals surface area (Å²) < 4.78 is 1.41. The Balaban J connectivity index is 1.99. The summed E-state index contributed by atoms with van der Waals surface area (Å²) in [7, 11) is 2.14. The van der Waals surface area contributed by atoms with Crippen LogP contribution in [0.25, 0.3) is 0 Å². The van der Waals surface area contributed by atoms with E-state index in [1.807, 2.05) is 6.92 Å². The number of nitrogens with zero attached hydrogens (tertiary/aromatic N) is 3. The SMILES string of the molecule is CCCn1ncc(NCC(C)N(C)C2CC2)c(Cl)c1=O. The molecule has 1 heterocycles. The Hall–Kier alpha value is -1.07. The third kappa shape index (κ3) is 3.52. The first kappa shape index (κ1) is 15.3. The van der Waals surface area contributed by atoms with Gasteiger partial charge in [-0.25, -0.2) is 4.68 Å². The van der Waals surface area contributed by atoms with Crippen LogP contribution < -0.4 is 10.9 Å². The van der Waals surface area contributed by atoms with E-state index in [2.05, 4.69) is 29.3 Å². The van der Waals surface area contributed by atoms with E-state index in [1.165, 1.54) is 17.5 Å². The molecule has 1 unspecified atom stereocenters. The van der Waals surface area contributed by atoms with Crippen molar-refractivity contribution in [1.82, 2.24) is 14.7 Å². The second-order valence-electron chi connectivity index (χ2n) is 5.53. The highest BCUT2D eigenvalue weighted by atomic mass is 35.5. The van der Waals surface area contributed by atoms with Crippen LogP contribution in [0.4, 0.5) is 5.69 Å². The summed E-state index contributed by atoms with van der Waals surface area (Å²) in [4.78, 5) is 14.4. The van der Waals surface area contributed by atoms with E-state index in [9.17, 15) is 4.79 Å². The van der Waals surface area contributed by atoms with Gasteiger partial charge in [0.15, 0.2) is 0 Å². The second kappa shape index (κ2) is 6.59. The Morgan fingerprint density at radius 3 is 2.90 bits per heavy atom. The van der Waals surface area contributed by atoms with Gasteiger partial charge in [0.1, 0.15) is 5.02 Å². The number of hydrogen-bond acceptors (Lipinski definition) is 4. The molecule has 2 rings (SSSR count). The van der Waals surface area contributed by atoms with Crippen molar-refractivity contribution in [1.29, 1.82) is 0 Å². The van der Waals surface area contributed by atoms with Crippen molar-refractivity contribution < 1.29 is 0 Å². The fraction of sp³-hybridized carbons (Fsp3) is 0.714. The van der Waals surface area contributed by atoms with Crippen LogP contribution in [0, 0.1) is 0 Å². The zero-order chi connectivity index (χ0) is 14.7. The molecule has 1 N–H and O–H groups in total. The minimum absolute atomic E-state index is 0.221. The van der Waals surface area contributed by atoms with Gasteiger partial charge in [0, 0.05) is 25.2 Å². The minimum atomic E-state index is -0.221. The fourth-order valence-electron chi connectivity index (χ4n) is 2.20. The van der Waals surface area contributed by atoms with E-state index < -0.39 is 0 Å². The number of aryl methyl sites for hydroxylation is 1. The maximum Gasteiger partial charge on any atom is 0.287 e. The molecule has 0 saturated heterocycles. The molecule has 0 spiro atoms. The molecule has 1 atom stereocenters. The smallest absolute Gasteiger partial charge is 0.287 e. The van der Waals surface area contributed by atoms with Crippen molar-refractivity contribution in [3.63, 3.8) is 0 Å². The molecule has 0 aromatic carbocycles. The van der Waals surface area contributed by atoms with Crippen molar-refractivity contribution >= 4 is 17.3 Å². The third-order valence-corrected chi connectivity index (χ3v) is 4.19. The van der Waals surface area contributed by atoms with E-state index in [4.69, 9.17) is 11.6 Å². The largest absolute Gasteiger partial charge is 0.381 e. The quantitative estimate of drug-likeness (QED) is 0.838. The molecule has 1 aliphatic carbocycles. The van der Waals surface area contributed by atoms with Gasteiger partial charge >= 0.3 is 0 Å². The second-order valence-corrected chi connectivity index (χ2v) is 5.91. The average Bonchev–Trinajstić information content (AvgIpc) is 3.26.